The highest BCUT2D eigenvalue weighted by Gasteiger charge is 2.44. The number of hydrogen-bond acceptors (Lipinski definition) is 4. The second kappa shape index (κ2) is 11.1. The number of piperidine rings is 1. The fourth-order valence-electron chi connectivity index (χ4n) is 5.63. The number of benzene rings is 2. The van der Waals surface area contributed by atoms with Crippen molar-refractivity contribution in [1.29, 1.82) is 0 Å². The Kier molecular flexibility index (Phi) is 8.19. The van der Waals surface area contributed by atoms with E-state index in [1.54, 1.807) is 19.3 Å². The van der Waals surface area contributed by atoms with Crippen molar-refractivity contribution in [3.63, 3.8) is 0 Å². The van der Waals surface area contributed by atoms with E-state index in [1.165, 1.54) is 12.1 Å². The molecule has 5 nitrogen and oxygen atoms in total. The van der Waals surface area contributed by atoms with Gasteiger partial charge in [-0.2, -0.15) is 13.2 Å². The molecule has 2 aromatic carbocycles. The van der Waals surface area contributed by atoms with E-state index in [-0.39, 0.29) is 11.8 Å². The van der Waals surface area contributed by atoms with Crippen LogP contribution < -0.4 is 5.32 Å². The third kappa shape index (κ3) is 6.34. The lowest BCUT2D eigenvalue weighted by molar-refractivity contribution is -0.137. The summed E-state index contributed by atoms with van der Waals surface area (Å²) in [5, 5.41) is 15.4. The van der Waals surface area contributed by atoms with Gasteiger partial charge in [0.2, 0.25) is 5.91 Å². The van der Waals surface area contributed by atoms with Crippen molar-refractivity contribution >= 4 is 16.8 Å². The Bertz CT molecular complexity index is 1340. The first kappa shape index (κ1) is 28.8. The molecule has 0 radical (unpaired) electrons. The van der Waals surface area contributed by atoms with E-state index < -0.39 is 22.9 Å². The van der Waals surface area contributed by atoms with Crippen molar-refractivity contribution in [1.82, 2.24) is 15.2 Å². The van der Waals surface area contributed by atoms with Crippen molar-refractivity contribution < 1.29 is 23.1 Å². The zero-order chi connectivity index (χ0) is 28.4. The maximum absolute atomic E-state index is 12.9. The summed E-state index contributed by atoms with van der Waals surface area (Å²) >= 11 is 0. The highest BCUT2D eigenvalue weighted by atomic mass is 19.4. The second-order valence-electron chi connectivity index (χ2n) is 11.1. The van der Waals surface area contributed by atoms with Gasteiger partial charge in [0.25, 0.3) is 0 Å². The monoisotopic (exact) mass is 539 g/mol. The van der Waals surface area contributed by atoms with Crippen LogP contribution in [0, 0.1) is 0 Å². The van der Waals surface area contributed by atoms with Gasteiger partial charge in [0.05, 0.1) is 22.6 Å². The molecule has 1 aliphatic heterocycles. The zero-order valence-electron chi connectivity index (χ0n) is 22.7. The molecule has 1 amide bonds. The van der Waals surface area contributed by atoms with Gasteiger partial charge in [-0.25, -0.2) is 0 Å². The average molecular weight is 540 g/mol. The maximum Gasteiger partial charge on any atom is 0.416 e. The van der Waals surface area contributed by atoms with Gasteiger partial charge in [0.1, 0.15) is 0 Å². The number of carbonyl (C=O) groups excluding carboxylic acids is 1. The first-order valence-corrected chi connectivity index (χ1v) is 13.2. The van der Waals surface area contributed by atoms with E-state index in [0.717, 1.165) is 39.7 Å². The first-order valence-electron chi connectivity index (χ1n) is 13.2. The van der Waals surface area contributed by atoms with Crippen LogP contribution in [0.4, 0.5) is 13.2 Å². The molecule has 0 aliphatic carbocycles. The molecule has 0 spiro atoms. The molecule has 0 bridgehead atoms. The first-order chi connectivity index (χ1) is 18.4. The molecule has 2 N–H and O–H groups in total. The maximum atomic E-state index is 12.9. The number of halogens is 3. The summed E-state index contributed by atoms with van der Waals surface area (Å²) in [4.78, 5) is 19.3. The van der Waals surface area contributed by atoms with Crippen LogP contribution in [0.25, 0.3) is 10.9 Å². The average Bonchev–Trinajstić information content (AvgIpc) is 2.89. The highest BCUT2D eigenvalue weighted by Crippen LogP contribution is 2.42. The molecule has 208 valence electrons. The van der Waals surface area contributed by atoms with Crippen LogP contribution >= 0.6 is 0 Å². The van der Waals surface area contributed by atoms with Crippen LogP contribution in [0.15, 0.2) is 67.4 Å². The Balaban J connectivity index is 1.55. The van der Waals surface area contributed by atoms with E-state index in [2.05, 4.69) is 35.6 Å². The SMILES string of the molecule is C=CCCC(C(=O)NC)c1cnc2ccc(C3(O)CCN(Cc4ccc(C(F)(F)F)cc4)C(C)(C)C3)cc2c1. The van der Waals surface area contributed by atoms with Crippen LogP contribution in [-0.2, 0) is 23.1 Å². The number of carbonyl (C=O) groups is 1. The number of amides is 1. The number of hydrogen-bond donors (Lipinski definition) is 2. The second-order valence-corrected chi connectivity index (χ2v) is 11.1. The number of rotatable bonds is 8. The zero-order valence-corrected chi connectivity index (χ0v) is 22.7. The minimum Gasteiger partial charge on any atom is -0.385 e. The van der Waals surface area contributed by atoms with E-state index in [4.69, 9.17) is 0 Å². The topological polar surface area (TPSA) is 65.5 Å². The molecule has 2 atom stereocenters. The lowest BCUT2D eigenvalue weighted by Gasteiger charge is -2.49. The van der Waals surface area contributed by atoms with Crippen LogP contribution in [0.5, 0.6) is 0 Å². The van der Waals surface area contributed by atoms with E-state index in [9.17, 15) is 23.1 Å². The summed E-state index contributed by atoms with van der Waals surface area (Å²) in [7, 11) is 1.62. The molecule has 0 saturated carbocycles. The molecule has 2 unspecified atom stereocenters. The van der Waals surface area contributed by atoms with Crippen molar-refractivity contribution in [2.45, 2.75) is 69.3 Å². The van der Waals surface area contributed by atoms with Gasteiger partial charge in [-0.15, -0.1) is 6.58 Å². The summed E-state index contributed by atoms with van der Waals surface area (Å²) in [6.45, 7) is 8.95. The van der Waals surface area contributed by atoms with Crippen molar-refractivity contribution in [3.05, 3.63) is 89.6 Å². The number of alkyl halides is 3. The van der Waals surface area contributed by atoms with Gasteiger partial charge >= 0.3 is 6.18 Å². The van der Waals surface area contributed by atoms with Gasteiger partial charge in [-0.1, -0.05) is 24.3 Å². The molecule has 4 rings (SSSR count). The lowest BCUT2D eigenvalue weighted by Crippen LogP contribution is -2.54. The number of allylic oxidation sites excluding steroid dienone is 1. The van der Waals surface area contributed by atoms with Crippen molar-refractivity contribution in [2.24, 2.45) is 0 Å². The number of likely N-dealkylation sites (N-methyl/N-ethyl adjacent to an activating group) is 1. The number of likely N-dealkylation sites (tertiary alicyclic amines) is 1. The number of aromatic nitrogens is 1. The van der Waals surface area contributed by atoms with E-state index >= 15 is 0 Å². The lowest BCUT2D eigenvalue weighted by atomic mass is 9.75. The van der Waals surface area contributed by atoms with Gasteiger partial charge in [0.15, 0.2) is 0 Å². The molecule has 8 heteroatoms. The van der Waals surface area contributed by atoms with Gasteiger partial charge in [-0.3, -0.25) is 14.7 Å². The number of fused-ring (bicyclic) bond motifs is 1. The van der Waals surface area contributed by atoms with E-state index in [0.29, 0.717) is 38.8 Å². The predicted molar refractivity (Wildman–Crippen MR) is 147 cm³/mol. The Labute approximate surface area is 227 Å². The molecule has 2 heterocycles. The molecule has 1 fully saturated rings. The largest absolute Gasteiger partial charge is 0.416 e. The minimum atomic E-state index is -4.36. The standard InChI is InChI=1S/C31H36F3N3O2/c1-5-6-7-26(28(38)35-4)23-16-22-17-25(12-13-27(22)36-18-23)30(39)14-15-37(29(2,3)20-30)19-21-8-10-24(11-9-21)31(32,33)34/h5,8-13,16-18,26,39H,1,6-7,14-15,19-20H2,2-4H3,(H,35,38). The smallest absolute Gasteiger partial charge is 0.385 e. The Morgan fingerprint density at radius 2 is 1.92 bits per heavy atom. The summed E-state index contributed by atoms with van der Waals surface area (Å²) in [5.74, 6) is -0.418. The summed E-state index contributed by atoms with van der Waals surface area (Å²) in [5.41, 5.74) is 1.05. The fourth-order valence-corrected chi connectivity index (χ4v) is 5.63. The molecular formula is C31H36F3N3O2. The predicted octanol–water partition coefficient (Wildman–Crippen LogP) is 6.31. The van der Waals surface area contributed by atoms with Gasteiger partial charge < -0.3 is 10.4 Å². The molecular weight excluding hydrogens is 503 g/mol. The van der Waals surface area contributed by atoms with Crippen LogP contribution in [0.3, 0.4) is 0 Å². The minimum absolute atomic E-state index is 0.0741. The molecule has 1 aromatic heterocycles. The highest BCUT2D eigenvalue weighted by molar-refractivity contribution is 5.86. The number of aliphatic hydroxyl groups is 1. The summed E-state index contributed by atoms with van der Waals surface area (Å²) in [6.07, 6.45) is 1.45. The quantitative estimate of drug-likeness (QED) is 0.329. The van der Waals surface area contributed by atoms with Crippen molar-refractivity contribution in [2.75, 3.05) is 13.6 Å². The fraction of sp³-hybridized carbons (Fsp3) is 0.419. The van der Waals surface area contributed by atoms with E-state index in [1.807, 2.05) is 24.3 Å². The Morgan fingerprint density at radius 1 is 1.21 bits per heavy atom. The van der Waals surface area contributed by atoms with Crippen LogP contribution in [-0.4, -0.2) is 40.0 Å². The molecule has 39 heavy (non-hydrogen) atoms. The van der Waals surface area contributed by atoms with Gasteiger partial charge in [0, 0.05) is 37.3 Å². The summed E-state index contributed by atoms with van der Waals surface area (Å²) < 4.78 is 38.8. The molecule has 1 aliphatic rings. The van der Waals surface area contributed by atoms with Crippen molar-refractivity contribution in [3.8, 4) is 0 Å². The Morgan fingerprint density at radius 3 is 2.54 bits per heavy atom. The number of pyridine rings is 1. The summed E-state index contributed by atoms with van der Waals surface area (Å²) in [6, 6.07) is 13.0. The van der Waals surface area contributed by atoms with Crippen LogP contribution in [0.2, 0.25) is 0 Å². The van der Waals surface area contributed by atoms with Gasteiger partial charge in [-0.05, 0) is 86.6 Å². The number of nitrogens with zero attached hydrogens (tertiary/aromatic N) is 2. The third-order valence-corrected chi connectivity index (χ3v) is 7.90. The van der Waals surface area contributed by atoms with Crippen LogP contribution in [0.1, 0.15) is 67.7 Å². The number of nitrogens with one attached hydrogen (secondary N) is 1. The molecule has 1 saturated heterocycles. The Hall–Kier alpha value is -3.23. The molecule has 3 aromatic rings. The third-order valence-electron chi connectivity index (χ3n) is 7.90. The normalized spacial score (nSPS) is 20.5.